The Morgan fingerprint density at radius 3 is 2.17 bits per heavy atom. The number of rotatable bonds is 9. The van der Waals surface area contributed by atoms with Gasteiger partial charge in [-0.15, -0.1) is 0 Å². The summed E-state index contributed by atoms with van der Waals surface area (Å²) in [5, 5.41) is 5.44. The van der Waals surface area contributed by atoms with Gasteiger partial charge < -0.3 is 20.1 Å². The Hall–Kier alpha value is -2.46. The van der Waals surface area contributed by atoms with Crippen LogP contribution in [-0.4, -0.2) is 33.4 Å². The van der Waals surface area contributed by atoms with E-state index in [1.165, 1.54) is 19.1 Å². The second-order valence-electron chi connectivity index (χ2n) is 5.81. The molecule has 29 heavy (non-hydrogen) atoms. The fraction of sp³-hybridized carbons (Fsp3) is 0.316. The Bertz CT molecular complexity index is 966. The van der Waals surface area contributed by atoms with Gasteiger partial charge in [-0.05, 0) is 39.0 Å². The molecule has 0 saturated heterocycles. The summed E-state index contributed by atoms with van der Waals surface area (Å²) in [4.78, 5) is 12.4. The van der Waals surface area contributed by atoms with E-state index in [9.17, 15) is 13.2 Å². The molecule has 0 heterocycles. The molecule has 0 atom stereocenters. The van der Waals surface area contributed by atoms with E-state index in [1.807, 2.05) is 6.07 Å². The van der Waals surface area contributed by atoms with Crippen LogP contribution in [0.2, 0.25) is 0 Å². The van der Waals surface area contributed by atoms with Gasteiger partial charge in [0.1, 0.15) is 11.5 Å². The van der Waals surface area contributed by atoms with Gasteiger partial charge in [-0.1, -0.05) is 22.0 Å². The van der Waals surface area contributed by atoms with E-state index >= 15 is 0 Å². The number of ether oxygens (including phenoxy) is 2. The van der Waals surface area contributed by atoms with Crippen molar-refractivity contribution in [1.82, 2.24) is 0 Å². The first-order chi connectivity index (χ1) is 13.8. The standard InChI is InChI=1S/C19H24BrN3O5S/c1-4-27-17-12-16(23-29(25,26)6-3)18(28-5-2)11-15(17)22-19(24)21-14-9-7-8-13(20)10-14/h7-12,23H,4-6H2,1-3H3,(H2,21,22,24). The van der Waals surface area contributed by atoms with Gasteiger partial charge in [0.05, 0.1) is 30.3 Å². The molecule has 0 spiro atoms. The fourth-order valence-corrected chi connectivity index (χ4v) is 3.42. The van der Waals surface area contributed by atoms with Crippen LogP contribution >= 0.6 is 15.9 Å². The zero-order valence-corrected chi connectivity index (χ0v) is 18.8. The van der Waals surface area contributed by atoms with E-state index in [2.05, 4.69) is 31.3 Å². The maximum absolute atomic E-state index is 12.4. The highest BCUT2D eigenvalue weighted by molar-refractivity contribution is 9.10. The average molecular weight is 486 g/mol. The van der Waals surface area contributed by atoms with Gasteiger partial charge in [0.2, 0.25) is 10.0 Å². The van der Waals surface area contributed by atoms with E-state index in [0.717, 1.165) is 4.47 Å². The molecule has 2 amide bonds. The number of carbonyl (C=O) groups excluding carboxylic acids is 1. The minimum absolute atomic E-state index is 0.0857. The van der Waals surface area contributed by atoms with Crippen molar-refractivity contribution < 1.29 is 22.7 Å². The molecule has 0 aliphatic heterocycles. The van der Waals surface area contributed by atoms with Gasteiger partial charge in [-0.25, -0.2) is 13.2 Å². The lowest BCUT2D eigenvalue weighted by molar-refractivity contribution is 0.262. The van der Waals surface area contributed by atoms with E-state index in [0.29, 0.717) is 30.3 Å². The summed E-state index contributed by atoms with van der Waals surface area (Å²) in [6.45, 7) is 5.75. The number of hydrogen-bond acceptors (Lipinski definition) is 5. The van der Waals surface area contributed by atoms with Crippen molar-refractivity contribution in [3.8, 4) is 11.5 Å². The number of amides is 2. The van der Waals surface area contributed by atoms with E-state index in [-0.39, 0.29) is 17.2 Å². The molecule has 158 valence electrons. The minimum Gasteiger partial charge on any atom is -0.492 e. The van der Waals surface area contributed by atoms with Crippen molar-refractivity contribution in [1.29, 1.82) is 0 Å². The van der Waals surface area contributed by atoms with E-state index < -0.39 is 16.1 Å². The molecule has 0 fully saturated rings. The number of nitrogens with one attached hydrogen (secondary N) is 3. The Balaban J connectivity index is 2.33. The molecular formula is C19H24BrN3O5S. The summed E-state index contributed by atoms with van der Waals surface area (Å²) >= 11 is 3.35. The van der Waals surface area contributed by atoms with Gasteiger partial charge in [-0.3, -0.25) is 4.72 Å². The Kier molecular flexibility index (Phi) is 8.15. The monoisotopic (exact) mass is 485 g/mol. The topological polar surface area (TPSA) is 106 Å². The van der Waals surface area contributed by atoms with Crippen LogP contribution in [0, 0.1) is 0 Å². The maximum atomic E-state index is 12.4. The number of sulfonamides is 1. The Morgan fingerprint density at radius 2 is 1.59 bits per heavy atom. The van der Waals surface area contributed by atoms with Gasteiger partial charge in [0.15, 0.2) is 0 Å². The molecule has 0 aliphatic carbocycles. The molecule has 0 aliphatic rings. The molecule has 0 unspecified atom stereocenters. The summed E-state index contributed by atoms with van der Waals surface area (Å²) < 4.78 is 38.4. The smallest absolute Gasteiger partial charge is 0.323 e. The third-order valence-corrected chi connectivity index (χ3v) is 5.44. The second kappa shape index (κ2) is 10.4. The summed E-state index contributed by atoms with van der Waals surface area (Å²) in [6, 6.07) is 9.71. The van der Waals surface area contributed by atoms with Crippen molar-refractivity contribution in [3.05, 3.63) is 40.9 Å². The van der Waals surface area contributed by atoms with Crippen molar-refractivity contribution >= 4 is 49.0 Å². The van der Waals surface area contributed by atoms with E-state index in [1.54, 1.807) is 32.0 Å². The highest BCUT2D eigenvalue weighted by atomic mass is 79.9. The normalized spacial score (nSPS) is 10.9. The van der Waals surface area contributed by atoms with Crippen molar-refractivity contribution in [3.63, 3.8) is 0 Å². The number of hydrogen-bond donors (Lipinski definition) is 3. The van der Waals surface area contributed by atoms with Crippen LogP contribution in [0.4, 0.5) is 21.9 Å². The van der Waals surface area contributed by atoms with Crippen LogP contribution in [0.3, 0.4) is 0 Å². The first-order valence-corrected chi connectivity index (χ1v) is 11.5. The molecule has 10 heteroatoms. The molecule has 3 N–H and O–H groups in total. The highest BCUT2D eigenvalue weighted by Gasteiger charge is 2.18. The third-order valence-electron chi connectivity index (χ3n) is 3.66. The molecule has 0 bridgehead atoms. The van der Waals surface area contributed by atoms with Crippen LogP contribution in [0.1, 0.15) is 20.8 Å². The van der Waals surface area contributed by atoms with Crippen molar-refractivity contribution in [2.24, 2.45) is 0 Å². The van der Waals surface area contributed by atoms with Crippen LogP contribution < -0.4 is 24.8 Å². The quantitative estimate of drug-likeness (QED) is 0.479. The van der Waals surface area contributed by atoms with Gasteiger partial charge >= 0.3 is 6.03 Å². The van der Waals surface area contributed by atoms with Gasteiger partial charge in [0.25, 0.3) is 0 Å². The lowest BCUT2D eigenvalue weighted by Crippen LogP contribution is -2.20. The number of benzene rings is 2. The van der Waals surface area contributed by atoms with Crippen LogP contribution in [0.15, 0.2) is 40.9 Å². The lowest BCUT2D eigenvalue weighted by Gasteiger charge is -2.18. The third kappa shape index (κ3) is 6.82. The molecule has 0 aromatic heterocycles. The zero-order valence-electron chi connectivity index (χ0n) is 16.4. The van der Waals surface area contributed by atoms with Gasteiger partial charge in [0, 0.05) is 22.3 Å². The Labute approximate surface area is 179 Å². The lowest BCUT2D eigenvalue weighted by atomic mass is 10.2. The predicted octanol–water partition coefficient (Wildman–Crippen LogP) is 4.65. The predicted molar refractivity (Wildman–Crippen MR) is 119 cm³/mol. The largest absolute Gasteiger partial charge is 0.492 e. The first-order valence-electron chi connectivity index (χ1n) is 9.05. The van der Waals surface area contributed by atoms with Crippen molar-refractivity contribution in [2.45, 2.75) is 20.8 Å². The number of carbonyl (C=O) groups is 1. The fourth-order valence-electron chi connectivity index (χ4n) is 2.38. The minimum atomic E-state index is -3.52. The van der Waals surface area contributed by atoms with Gasteiger partial charge in [-0.2, -0.15) is 0 Å². The van der Waals surface area contributed by atoms with Crippen LogP contribution in [-0.2, 0) is 10.0 Å². The molecule has 8 nitrogen and oxygen atoms in total. The molecular weight excluding hydrogens is 462 g/mol. The summed E-state index contributed by atoms with van der Waals surface area (Å²) in [5.41, 5.74) is 1.20. The molecule has 0 radical (unpaired) electrons. The van der Waals surface area contributed by atoms with Crippen molar-refractivity contribution in [2.75, 3.05) is 34.3 Å². The number of urea groups is 1. The molecule has 2 aromatic carbocycles. The molecule has 0 saturated carbocycles. The van der Waals surface area contributed by atoms with Crippen LogP contribution in [0.25, 0.3) is 0 Å². The summed E-state index contributed by atoms with van der Waals surface area (Å²) in [6.07, 6.45) is 0. The summed E-state index contributed by atoms with van der Waals surface area (Å²) in [5.74, 6) is 0.511. The maximum Gasteiger partial charge on any atom is 0.323 e. The second-order valence-corrected chi connectivity index (χ2v) is 8.73. The average Bonchev–Trinajstić information content (AvgIpc) is 2.65. The highest BCUT2D eigenvalue weighted by Crippen LogP contribution is 2.37. The molecule has 2 aromatic rings. The van der Waals surface area contributed by atoms with Crippen LogP contribution in [0.5, 0.6) is 11.5 Å². The number of halogens is 1. The van der Waals surface area contributed by atoms with E-state index in [4.69, 9.17) is 9.47 Å². The summed E-state index contributed by atoms with van der Waals surface area (Å²) in [7, 11) is -3.52. The first kappa shape index (κ1) is 22.8. The number of anilines is 3. The SMILES string of the molecule is CCOc1cc(NS(=O)(=O)CC)c(OCC)cc1NC(=O)Nc1cccc(Br)c1. The molecule has 2 rings (SSSR count). The Morgan fingerprint density at radius 1 is 0.966 bits per heavy atom. The zero-order chi connectivity index (χ0) is 21.4.